The summed E-state index contributed by atoms with van der Waals surface area (Å²) in [5, 5.41) is 28.9. The average Bonchev–Trinajstić information content (AvgIpc) is 3.08. The molecule has 4 rings (SSSR count). The summed E-state index contributed by atoms with van der Waals surface area (Å²) in [6, 6.07) is 17.9. The van der Waals surface area contributed by atoms with Crippen LogP contribution in [0.1, 0.15) is 11.8 Å². The molecule has 2 heterocycles. The number of aliphatic hydroxyl groups is 2. The molecule has 0 amide bonds. The molecule has 0 unspecified atom stereocenters. The van der Waals surface area contributed by atoms with Crippen LogP contribution in [0.2, 0.25) is 0 Å². The van der Waals surface area contributed by atoms with Gasteiger partial charge in [0.2, 0.25) is 0 Å². The van der Waals surface area contributed by atoms with Gasteiger partial charge in [-0.05, 0) is 29.8 Å². The fourth-order valence-electron chi connectivity index (χ4n) is 3.29. The van der Waals surface area contributed by atoms with Gasteiger partial charge in [-0.1, -0.05) is 30.3 Å². The van der Waals surface area contributed by atoms with Crippen LogP contribution in [0.5, 0.6) is 0 Å². The van der Waals surface area contributed by atoms with E-state index in [1.54, 1.807) is 0 Å². The van der Waals surface area contributed by atoms with Crippen molar-refractivity contribution < 1.29 is 19.7 Å². The van der Waals surface area contributed by atoms with Gasteiger partial charge in [0.05, 0.1) is 24.6 Å². The number of rotatable bonds is 7. The largest absolute Gasteiger partial charge is 0.387 e. The van der Waals surface area contributed by atoms with Gasteiger partial charge in [-0.2, -0.15) is 10.2 Å². The summed E-state index contributed by atoms with van der Waals surface area (Å²) in [4.78, 5) is 25.2. The monoisotopic (exact) mass is 438 g/mol. The molecule has 2 aromatic carbocycles. The van der Waals surface area contributed by atoms with Crippen LogP contribution in [0.15, 0.2) is 86.7 Å². The van der Waals surface area contributed by atoms with Crippen LogP contribution in [-0.4, -0.2) is 44.7 Å². The molecule has 32 heavy (non-hydrogen) atoms. The van der Waals surface area contributed by atoms with E-state index in [4.69, 9.17) is 9.47 Å². The highest BCUT2D eigenvalue weighted by Crippen LogP contribution is 2.28. The smallest absolute Gasteiger partial charge is 0.330 e. The van der Waals surface area contributed by atoms with Crippen LogP contribution in [0.25, 0.3) is 0 Å². The molecule has 166 valence electrons. The summed E-state index contributed by atoms with van der Waals surface area (Å²) in [6.45, 7) is 0.254. The standard InChI is InChI=1S/C22H22N4O6/c27-18-10-11-26(22(30)23-18)21-20(29)19(28)17(32-21)13-31-12-14-6-8-16(9-7-14)25-24-15-4-2-1-3-5-15/h1-11,17,19-21,28-29H,12-13H2,(H,23,27,30)/t17-,19-,20-,21-/m1/s1. The van der Waals surface area contributed by atoms with Crippen LogP contribution in [0.4, 0.5) is 11.4 Å². The molecule has 0 spiro atoms. The summed E-state index contributed by atoms with van der Waals surface area (Å²) in [5.41, 5.74) is 1.04. The number of hydrogen-bond donors (Lipinski definition) is 3. The maximum atomic E-state index is 11.9. The van der Waals surface area contributed by atoms with Gasteiger partial charge >= 0.3 is 5.69 Å². The van der Waals surface area contributed by atoms with Gasteiger partial charge in [0.1, 0.15) is 18.3 Å². The van der Waals surface area contributed by atoms with Crippen molar-refractivity contribution in [3.63, 3.8) is 0 Å². The predicted octanol–water partition coefficient (Wildman–Crippen LogP) is 1.79. The SMILES string of the molecule is O=c1ccn([C@@H]2O[C@H](COCc3ccc(N=Nc4ccccc4)cc3)[C@@H](O)[C@H]2O)c(=O)[nH]1. The molecule has 3 aromatic rings. The predicted molar refractivity (Wildman–Crippen MR) is 114 cm³/mol. The fraction of sp³-hybridized carbons (Fsp3) is 0.273. The molecular weight excluding hydrogens is 416 g/mol. The lowest BCUT2D eigenvalue weighted by molar-refractivity contribution is -0.0711. The molecule has 1 saturated heterocycles. The third-order valence-electron chi connectivity index (χ3n) is 4.99. The van der Waals surface area contributed by atoms with Gasteiger partial charge in [0.25, 0.3) is 5.56 Å². The van der Waals surface area contributed by atoms with Crippen molar-refractivity contribution in [2.24, 2.45) is 10.2 Å². The minimum Gasteiger partial charge on any atom is -0.387 e. The van der Waals surface area contributed by atoms with E-state index < -0.39 is 35.8 Å². The van der Waals surface area contributed by atoms with Gasteiger partial charge in [-0.15, -0.1) is 0 Å². The zero-order chi connectivity index (χ0) is 22.5. The summed E-state index contributed by atoms with van der Waals surface area (Å²) >= 11 is 0. The Labute approximate surface area is 182 Å². The molecule has 3 N–H and O–H groups in total. The second-order valence-electron chi connectivity index (χ2n) is 7.28. The number of aliphatic hydroxyl groups excluding tert-OH is 2. The Morgan fingerprint density at radius 2 is 1.62 bits per heavy atom. The van der Waals surface area contributed by atoms with Gasteiger partial charge in [-0.25, -0.2) is 4.79 Å². The topological polar surface area (TPSA) is 138 Å². The molecule has 4 atom stereocenters. The highest BCUT2D eigenvalue weighted by atomic mass is 16.6. The van der Waals surface area contributed by atoms with Crippen LogP contribution in [0.3, 0.4) is 0 Å². The molecule has 0 bridgehead atoms. The van der Waals surface area contributed by atoms with Crippen molar-refractivity contribution >= 4 is 11.4 Å². The van der Waals surface area contributed by atoms with E-state index in [9.17, 15) is 19.8 Å². The molecule has 0 aliphatic carbocycles. The lowest BCUT2D eigenvalue weighted by Gasteiger charge is -2.16. The van der Waals surface area contributed by atoms with E-state index in [1.807, 2.05) is 54.6 Å². The second kappa shape index (κ2) is 9.79. The van der Waals surface area contributed by atoms with E-state index in [0.717, 1.165) is 21.9 Å². The molecule has 10 nitrogen and oxygen atoms in total. The first kappa shape index (κ1) is 21.8. The van der Waals surface area contributed by atoms with Crippen LogP contribution in [-0.2, 0) is 16.1 Å². The fourth-order valence-corrected chi connectivity index (χ4v) is 3.29. The van der Waals surface area contributed by atoms with Gasteiger partial charge in [-0.3, -0.25) is 14.3 Å². The quantitative estimate of drug-likeness (QED) is 0.481. The highest BCUT2D eigenvalue weighted by Gasteiger charge is 2.44. The first-order chi connectivity index (χ1) is 15.5. The van der Waals surface area contributed by atoms with Gasteiger partial charge in [0.15, 0.2) is 6.23 Å². The lowest BCUT2D eigenvalue weighted by atomic mass is 10.1. The first-order valence-electron chi connectivity index (χ1n) is 9.98. The van der Waals surface area contributed by atoms with Crippen molar-refractivity contribution in [2.75, 3.05) is 6.61 Å². The maximum Gasteiger partial charge on any atom is 0.330 e. The highest BCUT2D eigenvalue weighted by molar-refractivity contribution is 5.40. The first-order valence-corrected chi connectivity index (χ1v) is 9.98. The molecule has 1 fully saturated rings. The number of H-pyrrole nitrogens is 1. The van der Waals surface area contributed by atoms with E-state index >= 15 is 0 Å². The van der Waals surface area contributed by atoms with Crippen LogP contribution < -0.4 is 11.2 Å². The Balaban J connectivity index is 1.31. The van der Waals surface area contributed by atoms with Crippen LogP contribution >= 0.6 is 0 Å². The zero-order valence-corrected chi connectivity index (χ0v) is 16.9. The third kappa shape index (κ3) is 5.06. The summed E-state index contributed by atoms with van der Waals surface area (Å²) < 4.78 is 12.3. The Bertz CT molecular complexity index is 1180. The zero-order valence-electron chi connectivity index (χ0n) is 16.9. The number of azo groups is 1. The number of aromatic amines is 1. The molecule has 0 saturated carbocycles. The average molecular weight is 438 g/mol. The molecule has 1 aliphatic rings. The minimum absolute atomic E-state index is 0.00228. The number of aromatic nitrogens is 2. The minimum atomic E-state index is -1.35. The van der Waals surface area contributed by atoms with Gasteiger partial charge < -0.3 is 19.7 Å². The van der Waals surface area contributed by atoms with Crippen LogP contribution in [0, 0.1) is 0 Å². The number of nitrogens with zero attached hydrogens (tertiary/aromatic N) is 3. The molecule has 1 aromatic heterocycles. The van der Waals surface area contributed by atoms with E-state index in [-0.39, 0.29) is 13.2 Å². The van der Waals surface area contributed by atoms with E-state index in [0.29, 0.717) is 5.69 Å². The van der Waals surface area contributed by atoms with Crippen molar-refractivity contribution in [1.29, 1.82) is 0 Å². The van der Waals surface area contributed by atoms with Crippen molar-refractivity contribution in [1.82, 2.24) is 9.55 Å². The molecule has 0 radical (unpaired) electrons. The second-order valence-corrected chi connectivity index (χ2v) is 7.28. The molecule has 1 aliphatic heterocycles. The third-order valence-corrected chi connectivity index (χ3v) is 4.99. The number of ether oxygens (including phenoxy) is 2. The Hall–Kier alpha value is -3.44. The van der Waals surface area contributed by atoms with Crippen molar-refractivity contribution in [2.45, 2.75) is 31.1 Å². The maximum absolute atomic E-state index is 11.9. The normalized spacial score (nSPS) is 23.1. The summed E-state index contributed by atoms with van der Waals surface area (Å²) in [5.74, 6) is 0. The number of hydrogen-bond acceptors (Lipinski definition) is 8. The van der Waals surface area contributed by atoms with E-state index in [2.05, 4.69) is 15.2 Å². The summed E-state index contributed by atoms with van der Waals surface area (Å²) in [7, 11) is 0. The van der Waals surface area contributed by atoms with E-state index in [1.165, 1.54) is 6.20 Å². The Morgan fingerprint density at radius 3 is 2.31 bits per heavy atom. The molecular formula is C22H22N4O6. The summed E-state index contributed by atoms with van der Waals surface area (Å²) in [6.07, 6.45) is -3.35. The Morgan fingerprint density at radius 1 is 0.938 bits per heavy atom. The number of benzene rings is 2. The van der Waals surface area contributed by atoms with Gasteiger partial charge in [0, 0.05) is 12.3 Å². The lowest BCUT2D eigenvalue weighted by Crippen LogP contribution is -2.37. The Kier molecular flexibility index (Phi) is 6.66. The van der Waals surface area contributed by atoms with Crippen molar-refractivity contribution in [3.05, 3.63) is 93.3 Å². The number of nitrogens with one attached hydrogen (secondary N) is 1. The van der Waals surface area contributed by atoms with Crippen molar-refractivity contribution in [3.8, 4) is 0 Å². The molecule has 10 heteroatoms.